The molecule has 234 valence electrons. The van der Waals surface area contributed by atoms with Gasteiger partial charge in [-0.2, -0.15) is 0 Å². The number of nitrogens with one attached hydrogen (secondary N) is 1. The van der Waals surface area contributed by atoms with Gasteiger partial charge in [0.15, 0.2) is 6.29 Å². The maximum atomic E-state index is 12.2. The Kier molecular flexibility index (Phi) is 11.4. The van der Waals surface area contributed by atoms with Gasteiger partial charge in [-0.05, 0) is 58.5 Å². The number of hydrogen-bond acceptors (Lipinski definition) is 6. The second-order valence-corrected chi connectivity index (χ2v) is 12.4. The van der Waals surface area contributed by atoms with Crippen molar-refractivity contribution in [1.29, 1.82) is 0 Å². The van der Waals surface area contributed by atoms with Crippen molar-refractivity contribution in [3.05, 3.63) is 125 Å². The predicted octanol–water partition coefficient (Wildman–Crippen LogP) is 7.30. The predicted molar refractivity (Wildman–Crippen MR) is 175 cm³/mol. The van der Waals surface area contributed by atoms with E-state index in [1.165, 1.54) is 4.90 Å². The highest BCUT2D eigenvalue weighted by molar-refractivity contribution is 7.99. The molecule has 0 radical (unpaired) electrons. The van der Waals surface area contributed by atoms with Crippen LogP contribution < -0.4 is 5.32 Å². The molecule has 45 heavy (non-hydrogen) atoms. The standard InChI is InChI=1S/C37H39NO6S/c1-25-33(24-45-32-12-3-2-4-13-32)43-37(44-36(25)28-18-16-26(23-39)17-19-28)31-11-6-10-30(21-31)29-9-5-8-27(20-29)22-38-34(40)14-7-15-35(41)42/h2-6,8-13,16-21,25,33,36-37,39H,7,14-15,22-24H2,1H3,(H,38,40)(H,41,42)/t25-,33+,36+,37+/m1/s1. The summed E-state index contributed by atoms with van der Waals surface area (Å²) in [6.07, 6.45) is -0.343. The maximum absolute atomic E-state index is 12.2. The first-order valence-corrected chi connectivity index (χ1v) is 16.2. The highest BCUT2D eigenvalue weighted by Gasteiger charge is 2.38. The fourth-order valence-corrected chi connectivity index (χ4v) is 6.51. The first kappa shape index (κ1) is 32.4. The van der Waals surface area contributed by atoms with Crippen LogP contribution in [-0.2, 0) is 32.2 Å². The molecule has 1 amide bonds. The summed E-state index contributed by atoms with van der Waals surface area (Å²) in [6.45, 7) is 2.53. The van der Waals surface area contributed by atoms with Crippen molar-refractivity contribution in [1.82, 2.24) is 5.32 Å². The van der Waals surface area contributed by atoms with Crippen molar-refractivity contribution in [3.63, 3.8) is 0 Å². The zero-order valence-electron chi connectivity index (χ0n) is 25.3. The van der Waals surface area contributed by atoms with E-state index in [2.05, 4.69) is 30.4 Å². The summed E-state index contributed by atoms with van der Waals surface area (Å²) in [5.41, 5.74) is 5.80. The third-order valence-electron chi connectivity index (χ3n) is 7.98. The number of carboxylic acid groups (broad SMARTS) is 1. The number of amides is 1. The SMILES string of the molecule is C[C@@H]1[C@H](CSc2ccccc2)O[C@H](c2cccc(-c3cccc(CNC(=O)CCCC(=O)O)c3)c2)O[C@@H]1c1ccc(CO)cc1. The number of ether oxygens (including phenoxy) is 2. The van der Waals surface area contributed by atoms with Crippen LogP contribution in [0.15, 0.2) is 108 Å². The molecule has 1 fully saturated rings. The normalized spacial score (nSPS) is 19.6. The van der Waals surface area contributed by atoms with E-state index in [0.29, 0.717) is 13.0 Å². The molecule has 0 aromatic heterocycles. The fourth-order valence-electron chi connectivity index (χ4n) is 5.42. The number of carboxylic acids is 1. The lowest BCUT2D eigenvalue weighted by Gasteiger charge is -2.41. The van der Waals surface area contributed by atoms with Crippen molar-refractivity contribution >= 4 is 23.6 Å². The monoisotopic (exact) mass is 625 g/mol. The second-order valence-electron chi connectivity index (χ2n) is 11.3. The zero-order chi connectivity index (χ0) is 31.6. The first-order valence-electron chi connectivity index (χ1n) is 15.3. The van der Waals surface area contributed by atoms with E-state index in [0.717, 1.165) is 39.1 Å². The lowest BCUT2D eigenvalue weighted by atomic mass is 9.91. The third-order valence-corrected chi connectivity index (χ3v) is 9.08. The van der Waals surface area contributed by atoms with Gasteiger partial charge in [-0.15, -0.1) is 11.8 Å². The third kappa shape index (κ3) is 9.05. The Morgan fingerprint density at radius 1 is 0.800 bits per heavy atom. The van der Waals surface area contributed by atoms with Gasteiger partial charge in [0.1, 0.15) is 0 Å². The minimum atomic E-state index is -0.898. The first-order chi connectivity index (χ1) is 21.9. The van der Waals surface area contributed by atoms with E-state index in [-0.39, 0.29) is 43.5 Å². The van der Waals surface area contributed by atoms with Gasteiger partial charge >= 0.3 is 5.97 Å². The lowest BCUT2D eigenvalue weighted by Crippen LogP contribution is -2.38. The molecule has 4 atom stereocenters. The van der Waals surface area contributed by atoms with Crippen molar-refractivity contribution in [3.8, 4) is 11.1 Å². The fraction of sp³-hybridized carbons (Fsp3) is 0.297. The van der Waals surface area contributed by atoms with Crippen molar-refractivity contribution in [2.45, 2.75) is 62.7 Å². The smallest absolute Gasteiger partial charge is 0.303 e. The van der Waals surface area contributed by atoms with Crippen LogP contribution >= 0.6 is 11.8 Å². The molecular formula is C37H39NO6S. The van der Waals surface area contributed by atoms with E-state index in [1.54, 1.807) is 11.8 Å². The van der Waals surface area contributed by atoms with E-state index in [4.69, 9.17) is 14.6 Å². The molecule has 4 aromatic carbocycles. The molecule has 5 rings (SSSR count). The van der Waals surface area contributed by atoms with Crippen LogP contribution in [0.25, 0.3) is 11.1 Å². The molecule has 7 nitrogen and oxygen atoms in total. The summed E-state index contributed by atoms with van der Waals surface area (Å²) < 4.78 is 13.3. The Balaban J connectivity index is 1.33. The van der Waals surface area contributed by atoms with Gasteiger partial charge in [-0.3, -0.25) is 9.59 Å². The topological polar surface area (TPSA) is 105 Å². The number of rotatable bonds is 13. The molecule has 1 aliphatic heterocycles. The number of hydrogen-bond donors (Lipinski definition) is 3. The van der Waals surface area contributed by atoms with Gasteiger partial charge in [-0.25, -0.2) is 0 Å². The van der Waals surface area contributed by atoms with Crippen molar-refractivity contribution < 1.29 is 29.3 Å². The molecule has 4 aromatic rings. The molecule has 1 saturated heterocycles. The van der Waals surface area contributed by atoms with E-state index >= 15 is 0 Å². The van der Waals surface area contributed by atoms with Gasteiger partial charge in [0, 0.05) is 41.5 Å². The highest BCUT2D eigenvalue weighted by atomic mass is 32.2. The Bertz CT molecular complexity index is 1560. The van der Waals surface area contributed by atoms with Crippen LogP contribution in [0.4, 0.5) is 0 Å². The summed E-state index contributed by atoms with van der Waals surface area (Å²) in [7, 11) is 0. The Morgan fingerprint density at radius 3 is 2.27 bits per heavy atom. The van der Waals surface area contributed by atoms with Gasteiger partial charge in [-0.1, -0.05) is 85.8 Å². The maximum Gasteiger partial charge on any atom is 0.303 e. The van der Waals surface area contributed by atoms with Crippen LogP contribution in [0.1, 0.15) is 60.8 Å². The Morgan fingerprint density at radius 2 is 1.53 bits per heavy atom. The number of carbonyl (C=O) groups is 2. The van der Waals surface area contributed by atoms with Gasteiger partial charge in [0.2, 0.25) is 5.91 Å². The van der Waals surface area contributed by atoms with Gasteiger partial charge < -0.3 is 25.0 Å². The van der Waals surface area contributed by atoms with Crippen LogP contribution in [0.5, 0.6) is 0 Å². The molecule has 8 heteroatoms. The molecule has 0 aliphatic carbocycles. The number of benzene rings is 4. The van der Waals surface area contributed by atoms with Crippen molar-refractivity contribution in [2.24, 2.45) is 5.92 Å². The van der Waals surface area contributed by atoms with Crippen molar-refractivity contribution in [2.75, 3.05) is 5.75 Å². The number of thioether (sulfide) groups is 1. The molecule has 3 N–H and O–H groups in total. The minimum absolute atomic E-state index is 0.00338. The Hall–Kier alpha value is -3.95. The summed E-state index contributed by atoms with van der Waals surface area (Å²) in [6, 6.07) is 34.4. The van der Waals surface area contributed by atoms with Crippen LogP contribution in [-0.4, -0.2) is 33.9 Å². The van der Waals surface area contributed by atoms with Crippen LogP contribution in [0.2, 0.25) is 0 Å². The molecule has 1 heterocycles. The lowest BCUT2D eigenvalue weighted by molar-refractivity contribution is -0.268. The number of aliphatic hydroxyl groups is 1. The molecule has 0 spiro atoms. The number of aliphatic carboxylic acids is 1. The summed E-state index contributed by atoms with van der Waals surface area (Å²) in [5.74, 6) is -0.188. The summed E-state index contributed by atoms with van der Waals surface area (Å²) in [4.78, 5) is 24.1. The summed E-state index contributed by atoms with van der Waals surface area (Å²) >= 11 is 1.78. The van der Waals surface area contributed by atoms with E-state index in [9.17, 15) is 14.7 Å². The number of aliphatic hydroxyl groups excluding tert-OH is 1. The quantitative estimate of drug-likeness (QED) is 0.134. The van der Waals surface area contributed by atoms with E-state index in [1.807, 2.05) is 84.9 Å². The Labute approximate surface area is 268 Å². The van der Waals surface area contributed by atoms with Crippen LogP contribution in [0, 0.1) is 5.92 Å². The molecule has 0 saturated carbocycles. The molecule has 0 unspecified atom stereocenters. The zero-order valence-corrected chi connectivity index (χ0v) is 26.1. The largest absolute Gasteiger partial charge is 0.481 e. The summed E-state index contributed by atoms with van der Waals surface area (Å²) in [5, 5.41) is 21.2. The number of carbonyl (C=O) groups excluding carboxylic acids is 1. The van der Waals surface area contributed by atoms with E-state index < -0.39 is 12.3 Å². The molecule has 0 bridgehead atoms. The average Bonchev–Trinajstić information content (AvgIpc) is 3.07. The molecular weight excluding hydrogens is 586 g/mol. The molecule has 1 aliphatic rings. The highest BCUT2D eigenvalue weighted by Crippen LogP contribution is 2.43. The van der Waals surface area contributed by atoms with Gasteiger partial charge in [0.25, 0.3) is 0 Å². The van der Waals surface area contributed by atoms with Crippen LogP contribution in [0.3, 0.4) is 0 Å². The second kappa shape index (κ2) is 15.9. The average molecular weight is 626 g/mol. The van der Waals surface area contributed by atoms with Gasteiger partial charge in [0.05, 0.1) is 18.8 Å². The minimum Gasteiger partial charge on any atom is -0.481 e.